The average Bonchev–Trinajstić information content (AvgIpc) is 3.02. The normalized spacial score (nSPS) is 23.5. The molecule has 1 fully saturated rings. The summed E-state index contributed by atoms with van der Waals surface area (Å²) < 4.78 is 0. The van der Waals surface area contributed by atoms with Crippen LogP contribution < -0.4 is 10.4 Å². The molecule has 0 aliphatic carbocycles. The molecule has 1 aliphatic heterocycles. The summed E-state index contributed by atoms with van der Waals surface area (Å²) in [6, 6.07) is 9.23. The lowest BCUT2D eigenvalue weighted by Gasteiger charge is -2.39. The lowest BCUT2D eigenvalue weighted by Crippen LogP contribution is -2.46. The van der Waals surface area contributed by atoms with E-state index in [0.29, 0.717) is 6.04 Å². The Morgan fingerprint density at radius 3 is 2.54 bits per heavy atom. The summed E-state index contributed by atoms with van der Waals surface area (Å²) in [5.41, 5.74) is 1.08. The van der Waals surface area contributed by atoms with Gasteiger partial charge in [0.15, 0.2) is 0 Å². The van der Waals surface area contributed by atoms with Crippen LogP contribution in [0.5, 0.6) is 0 Å². The van der Waals surface area contributed by atoms with Gasteiger partial charge in [0.2, 0.25) is 7.41 Å². The number of rotatable bonds is 9. The molecular formula is C25H38BN2. The summed E-state index contributed by atoms with van der Waals surface area (Å²) in [7, 11) is 2.08. The van der Waals surface area contributed by atoms with Gasteiger partial charge in [0.1, 0.15) is 0 Å². The Morgan fingerprint density at radius 2 is 2.00 bits per heavy atom. The highest BCUT2D eigenvalue weighted by Crippen LogP contribution is 2.33. The van der Waals surface area contributed by atoms with Gasteiger partial charge in [-0.3, -0.25) is 4.90 Å². The highest BCUT2D eigenvalue weighted by molar-refractivity contribution is 6.30. The highest BCUT2D eigenvalue weighted by atomic mass is 15.2. The van der Waals surface area contributed by atoms with Gasteiger partial charge in [-0.1, -0.05) is 56.7 Å². The second-order valence-electron chi connectivity index (χ2n) is 8.46. The highest BCUT2D eigenvalue weighted by Gasteiger charge is 2.37. The van der Waals surface area contributed by atoms with E-state index < -0.39 is 0 Å². The zero-order chi connectivity index (χ0) is 20.7. The summed E-state index contributed by atoms with van der Waals surface area (Å²) in [4.78, 5) is 4.82. The smallest absolute Gasteiger partial charge is 0.242 e. The molecule has 151 valence electrons. The van der Waals surface area contributed by atoms with Crippen LogP contribution in [-0.2, 0) is 0 Å². The van der Waals surface area contributed by atoms with Crippen molar-refractivity contribution in [3.05, 3.63) is 59.6 Å². The third-order valence-corrected chi connectivity index (χ3v) is 6.23. The van der Waals surface area contributed by atoms with Crippen molar-refractivity contribution in [1.82, 2.24) is 9.71 Å². The average molecular weight is 377 g/mol. The Kier molecular flexibility index (Phi) is 8.18. The number of hydrogen-bond donors (Lipinski definition) is 0. The molecule has 3 heteroatoms. The monoisotopic (exact) mass is 377 g/mol. The summed E-state index contributed by atoms with van der Waals surface area (Å²) >= 11 is 0. The maximum Gasteiger partial charge on any atom is 0.242 e. The van der Waals surface area contributed by atoms with E-state index in [9.17, 15) is 0 Å². The molecule has 0 spiro atoms. The molecule has 0 bridgehead atoms. The second kappa shape index (κ2) is 10.2. The van der Waals surface area contributed by atoms with Gasteiger partial charge in [0, 0.05) is 30.4 Å². The summed E-state index contributed by atoms with van der Waals surface area (Å²) in [6.45, 7) is 21.8. The van der Waals surface area contributed by atoms with Crippen molar-refractivity contribution in [2.75, 3.05) is 13.1 Å². The molecule has 1 radical (unpaired) electrons. The van der Waals surface area contributed by atoms with Crippen molar-refractivity contribution in [1.29, 1.82) is 0 Å². The third kappa shape index (κ3) is 5.41. The quantitative estimate of drug-likeness (QED) is 0.470. The molecule has 0 saturated carbocycles. The van der Waals surface area contributed by atoms with Crippen molar-refractivity contribution in [3.63, 3.8) is 0 Å². The fourth-order valence-corrected chi connectivity index (χ4v) is 4.54. The second-order valence-corrected chi connectivity index (χ2v) is 8.46. The van der Waals surface area contributed by atoms with Crippen LogP contribution in [0.25, 0.3) is 12.2 Å². The van der Waals surface area contributed by atoms with Crippen molar-refractivity contribution in [2.24, 2.45) is 5.92 Å². The zero-order valence-electron chi connectivity index (χ0n) is 18.6. The Morgan fingerprint density at radius 1 is 1.32 bits per heavy atom. The number of allylic oxidation sites excluding steroid dienone is 1. The first kappa shape index (κ1) is 22.6. The fourth-order valence-electron chi connectivity index (χ4n) is 4.54. The first-order chi connectivity index (χ1) is 13.3. The van der Waals surface area contributed by atoms with Crippen LogP contribution in [0.15, 0.2) is 49.2 Å². The predicted molar refractivity (Wildman–Crippen MR) is 126 cm³/mol. The molecule has 2 unspecified atom stereocenters. The number of hydrogen-bond acceptors (Lipinski definition) is 2. The first-order valence-corrected chi connectivity index (χ1v) is 10.8. The van der Waals surface area contributed by atoms with Gasteiger partial charge in [-0.15, -0.1) is 6.58 Å². The Labute approximate surface area is 173 Å². The molecule has 1 saturated heterocycles. The van der Waals surface area contributed by atoms with Crippen LogP contribution >= 0.6 is 0 Å². The Hall–Kier alpha value is -1.74. The SMILES string of the molecule is C=CC(C)(CC/C=c1/cccc/c1=C/C(=C)N([B]C)CC)N1CC(C)C[C@H]1C. The van der Waals surface area contributed by atoms with Gasteiger partial charge in [-0.25, -0.2) is 0 Å². The molecule has 2 nitrogen and oxygen atoms in total. The predicted octanol–water partition coefficient (Wildman–Crippen LogP) is 4.21. The molecular weight excluding hydrogens is 339 g/mol. The number of benzene rings is 1. The molecule has 1 aromatic carbocycles. The summed E-state index contributed by atoms with van der Waals surface area (Å²) in [6.07, 6.45) is 10.1. The van der Waals surface area contributed by atoms with E-state index in [1.807, 2.05) is 0 Å². The molecule has 0 aromatic heterocycles. The lowest BCUT2D eigenvalue weighted by molar-refractivity contribution is 0.129. The van der Waals surface area contributed by atoms with Crippen LogP contribution in [0, 0.1) is 5.92 Å². The standard InChI is InChI=1S/C25H38BN2/c1-8-25(6,27-19-20(3)17-21(27)4)16-12-15-23-13-10-11-14-24(23)18-22(5)28(9-2)26-7/h8,10-11,13-15,18,20-21H,1,5,9,12,16-17,19H2,2-4,6-7H3/b23-15-,24-18-/t20?,21-,25?/m1/s1. The molecule has 1 heterocycles. The van der Waals surface area contributed by atoms with Crippen LogP contribution in [0.4, 0.5) is 0 Å². The topological polar surface area (TPSA) is 6.48 Å². The maximum atomic E-state index is 4.24. The minimum atomic E-state index is 0.0547. The van der Waals surface area contributed by atoms with E-state index in [0.717, 1.165) is 31.0 Å². The molecule has 3 atom stereocenters. The van der Waals surface area contributed by atoms with Crippen LogP contribution in [0.2, 0.25) is 6.82 Å². The molecule has 28 heavy (non-hydrogen) atoms. The molecule has 1 aromatic rings. The van der Waals surface area contributed by atoms with Gasteiger partial charge in [-0.2, -0.15) is 0 Å². The summed E-state index contributed by atoms with van der Waals surface area (Å²) in [5, 5.41) is 2.52. The van der Waals surface area contributed by atoms with Crippen molar-refractivity contribution < 1.29 is 0 Å². The van der Waals surface area contributed by atoms with Gasteiger partial charge in [0.25, 0.3) is 0 Å². The van der Waals surface area contributed by atoms with Gasteiger partial charge in [0.05, 0.1) is 0 Å². The Balaban J connectivity index is 2.20. The van der Waals surface area contributed by atoms with Crippen molar-refractivity contribution in [2.45, 2.75) is 65.4 Å². The lowest BCUT2D eigenvalue weighted by atomic mass is 9.92. The summed E-state index contributed by atoms with van der Waals surface area (Å²) in [5.74, 6) is 0.775. The van der Waals surface area contributed by atoms with Crippen LogP contribution in [-0.4, -0.2) is 41.8 Å². The molecule has 2 rings (SSSR count). The number of likely N-dealkylation sites (tertiary alicyclic amines) is 1. The van der Waals surface area contributed by atoms with Crippen molar-refractivity contribution in [3.8, 4) is 0 Å². The van der Waals surface area contributed by atoms with Crippen LogP contribution in [0.1, 0.15) is 47.0 Å². The van der Waals surface area contributed by atoms with Gasteiger partial charge in [-0.05, 0) is 62.5 Å². The van der Waals surface area contributed by atoms with Crippen LogP contribution in [0.3, 0.4) is 0 Å². The fraction of sp³-hybridized carbons (Fsp3) is 0.520. The van der Waals surface area contributed by atoms with E-state index in [2.05, 4.69) is 107 Å². The van der Waals surface area contributed by atoms with Gasteiger partial charge < -0.3 is 4.81 Å². The Bertz CT molecular complexity index is 780. The van der Waals surface area contributed by atoms with Crippen molar-refractivity contribution >= 4 is 19.6 Å². The minimum Gasteiger partial charge on any atom is -0.420 e. The number of nitrogens with zero attached hydrogens (tertiary/aromatic N) is 2. The largest absolute Gasteiger partial charge is 0.420 e. The zero-order valence-corrected chi connectivity index (χ0v) is 18.6. The van der Waals surface area contributed by atoms with E-state index >= 15 is 0 Å². The molecule has 0 amide bonds. The molecule has 0 N–H and O–H groups in total. The third-order valence-electron chi connectivity index (χ3n) is 6.23. The van der Waals surface area contributed by atoms with E-state index in [1.165, 1.54) is 23.4 Å². The van der Waals surface area contributed by atoms with E-state index in [-0.39, 0.29) is 5.54 Å². The first-order valence-electron chi connectivity index (χ1n) is 10.8. The maximum absolute atomic E-state index is 4.24. The van der Waals surface area contributed by atoms with E-state index in [1.54, 1.807) is 0 Å². The van der Waals surface area contributed by atoms with Gasteiger partial charge >= 0.3 is 0 Å². The minimum absolute atomic E-state index is 0.0547. The van der Waals surface area contributed by atoms with E-state index in [4.69, 9.17) is 0 Å². The molecule has 1 aliphatic rings.